The molecule has 5 nitrogen and oxygen atoms in total. The Bertz CT molecular complexity index is 954. The predicted molar refractivity (Wildman–Crippen MR) is 104 cm³/mol. The third kappa shape index (κ3) is 4.41. The summed E-state index contributed by atoms with van der Waals surface area (Å²) in [5, 5.41) is 2.71. The van der Waals surface area contributed by atoms with Crippen molar-refractivity contribution in [1.29, 1.82) is 0 Å². The molecule has 0 unspecified atom stereocenters. The summed E-state index contributed by atoms with van der Waals surface area (Å²) in [7, 11) is 0. The highest BCUT2D eigenvalue weighted by atomic mass is 19.1. The number of nitrogens with one attached hydrogen (secondary N) is 1. The lowest BCUT2D eigenvalue weighted by Crippen LogP contribution is -2.16. The number of nitrogens with two attached hydrogens (primary N) is 1. The van der Waals surface area contributed by atoms with Crippen LogP contribution < -0.4 is 15.8 Å². The van der Waals surface area contributed by atoms with Crippen molar-refractivity contribution in [1.82, 2.24) is 4.98 Å². The number of aromatic nitrogens is 1. The normalized spacial score (nSPS) is 10.5. The minimum Gasteiger partial charge on any atom is -0.457 e. The van der Waals surface area contributed by atoms with Gasteiger partial charge < -0.3 is 15.8 Å². The molecule has 0 aliphatic heterocycles. The van der Waals surface area contributed by atoms with Crippen LogP contribution in [0.4, 0.5) is 15.9 Å². The zero-order valence-corrected chi connectivity index (χ0v) is 15.1. The maximum Gasteiger partial charge on any atom is 0.259 e. The molecular formula is C21H20FN3O2. The van der Waals surface area contributed by atoms with Crippen molar-refractivity contribution >= 4 is 17.4 Å². The number of hydrogen-bond donors (Lipinski definition) is 2. The molecule has 0 spiro atoms. The van der Waals surface area contributed by atoms with Crippen LogP contribution in [0.3, 0.4) is 0 Å². The van der Waals surface area contributed by atoms with E-state index in [2.05, 4.69) is 17.2 Å². The van der Waals surface area contributed by atoms with Gasteiger partial charge in [0, 0.05) is 11.3 Å². The number of ether oxygens (including phenoxy) is 1. The molecule has 0 saturated carbocycles. The Balaban J connectivity index is 1.68. The first kappa shape index (κ1) is 18.4. The summed E-state index contributed by atoms with van der Waals surface area (Å²) >= 11 is 0. The summed E-state index contributed by atoms with van der Waals surface area (Å²) in [5.41, 5.74) is 7.84. The van der Waals surface area contributed by atoms with Gasteiger partial charge in [-0.15, -0.1) is 0 Å². The number of amides is 1. The summed E-state index contributed by atoms with van der Waals surface area (Å²) in [6, 6.07) is 16.2. The molecule has 0 bridgehead atoms. The van der Waals surface area contributed by atoms with E-state index in [1.54, 1.807) is 24.3 Å². The van der Waals surface area contributed by atoms with Crippen molar-refractivity contribution in [3.05, 3.63) is 77.2 Å². The van der Waals surface area contributed by atoms with Crippen LogP contribution in [-0.2, 0) is 6.42 Å². The van der Waals surface area contributed by atoms with Crippen molar-refractivity contribution in [3.8, 4) is 11.5 Å². The maximum absolute atomic E-state index is 13.4. The summed E-state index contributed by atoms with van der Waals surface area (Å²) in [5.74, 6) is 0.108. The third-order valence-electron chi connectivity index (χ3n) is 4.10. The van der Waals surface area contributed by atoms with E-state index in [0.717, 1.165) is 12.2 Å². The van der Waals surface area contributed by atoms with Gasteiger partial charge in [0.2, 0.25) is 5.95 Å². The van der Waals surface area contributed by atoms with E-state index in [0.29, 0.717) is 11.4 Å². The Morgan fingerprint density at radius 1 is 1.11 bits per heavy atom. The summed E-state index contributed by atoms with van der Waals surface area (Å²) in [6.07, 6.45) is 0.974. The van der Waals surface area contributed by atoms with Gasteiger partial charge in [-0.1, -0.05) is 19.1 Å². The number of aryl methyl sites for hydroxylation is 2. The number of halogens is 1. The molecule has 0 atom stereocenters. The van der Waals surface area contributed by atoms with Gasteiger partial charge in [0.05, 0.1) is 5.56 Å². The Labute approximate surface area is 157 Å². The fourth-order valence-electron chi connectivity index (χ4n) is 2.52. The molecule has 3 rings (SSSR count). The molecule has 3 aromatic rings. The van der Waals surface area contributed by atoms with Gasteiger partial charge in [-0.3, -0.25) is 4.79 Å². The zero-order chi connectivity index (χ0) is 19.4. The average Bonchev–Trinajstić information content (AvgIpc) is 2.67. The van der Waals surface area contributed by atoms with E-state index in [-0.39, 0.29) is 16.9 Å². The predicted octanol–water partition coefficient (Wildman–Crippen LogP) is 4.72. The molecule has 1 aromatic heterocycles. The fourth-order valence-corrected chi connectivity index (χ4v) is 2.52. The lowest BCUT2D eigenvalue weighted by molar-refractivity contribution is 0.102. The van der Waals surface area contributed by atoms with E-state index in [1.165, 1.54) is 18.6 Å². The van der Waals surface area contributed by atoms with Crippen LogP contribution in [0.15, 0.2) is 54.6 Å². The largest absolute Gasteiger partial charge is 0.457 e. The third-order valence-corrected chi connectivity index (χ3v) is 4.10. The number of rotatable bonds is 5. The monoisotopic (exact) mass is 365 g/mol. The van der Waals surface area contributed by atoms with E-state index in [4.69, 9.17) is 10.5 Å². The second-order valence-electron chi connectivity index (χ2n) is 6.11. The van der Waals surface area contributed by atoms with Crippen molar-refractivity contribution in [2.24, 2.45) is 0 Å². The van der Waals surface area contributed by atoms with Crippen LogP contribution in [0.5, 0.6) is 11.5 Å². The Morgan fingerprint density at radius 2 is 1.70 bits per heavy atom. The second kappa shape index (κ2) is 7.86. The molecule has 0 aliphatic carbocycles. The summed E-state index contributed by atoms with van der Waals surface area (Å²) < 4.78 is 19.2. The van der Waals surface area contributed by atoms with Crippen molar-refractivity contribution in [2.75, 3.05) is 11.1 Å². The van der Waals surface area contributed by atoms with Crippen LogP contribution in [0, 0.1) is 12.9 Å². The average molecular weight is 365 g/mol. The lowest BCUT2D eigenvalue weighted by Gasteiger charge is -2.10. The summed E-state index contributed by atoms with van der Waals surface area (Å²) in [6.45, 7) is 3.62. The Morgan fingerprint density at radius 3 is 2.30 bits per heavy atom. The van der Waals surface area contributed by atoms with Crippen molar-refractivity contribution in [3.63, 3.8) is 0 Å². The Hall–Kier alpha value is -3.41. The first-order chi connectivity index (χ1) is 13.0. The first-order valence-electron chi connectivity index (χ1n) is 8.57. The van der Waals surface area contributed by atoms with E-state index < -0.39 is 11.9 Å². The van der Waals surface area contributed by atoms with Crippen LogP contribution in [-0.4, -0.2) is 10.9 Å². The fraction of sp³-hybridized carbons (Fsp3) is 0.143. The molecule has 1 amide bonds. The van der Waals surface area contributed by atoms with Gasteiger partial charge in [0.1, 0.15) is 17.3 Å². The van der Waals surface area contributed by atoms with Gasteiger partial charge in [-0.05, 0) is 61.4 Å². The zero-order valence-electron chi connectivity index (χ0n) is 15.1. The van der Waals surface area contributed by atoms with Crippen LogP contribution in [0.25, 0.3) is 0 Å². The highest BCUT2D eigenvalue weighted by molar-refractivity contribution is 6.07. The molecule has 0 radical (unpaired) electrons. The van der Waals surface area contributed by atoms with E-state index in [9.17, 15) is 9.18 Å². The van der Waals surface area contributed by atoms with Gasteiger partial charge in [0.25, 0.3) is 5.91 Å². The van der Waals surface area contributed by atoms with Gasteiger partial charge in [0.15, 0.2) is 0 Å². The second-order valence-corrected chi connectivity index (χ2v) is 6.11. The van der Waals surface area contributed by atoms with Crippen molar-refractivity contribution in [2.45, 2.75) is 20.3 Å². The van der Waals surface area contributed by atoms with Gasteiger partial charge in [-0.25, -0.2) is 4.98 Å². The highest BCUT2D eigenvalue weighted by Crippen LogP contribution is 2.24. The minimum absolute atomic E-state index is 0.130. The SMILES string of the molecule is CCc1ccc(Oc2ccc(NC(=O)c3cc(C)c(F)nc3N)cc2)cc1. The number of carbonyl (C=O) groups excluding carboxylic acids is 1. The smallest absolute Gasteiger partial charge is 0.259 e. The number of nitrogens with zero attached hydrogens (tertiary/aromatic N) is 1. The summed E-state index contributed by atoms with van der Waals surface area (Å²) in [4.78, 5) is 15.9. The van der Waals surface area contributed by atoms with Crippen LogP contribution >= 0.6 is 0 Å². The van der Waals surface area contributed by atoms with E-state index in [1.807, 2.05) is 24.3 Å². The number of nitrogen functional groups attached to an aromatic ring is 1. The molecule has 0 saturated heterocycles. The topological polar surface area (TPSA) is 77.2 Å². The lowest BCUT2D eigenvalue weighted by atomic mass is 10.1. The number of hydrogen-bond acceptors (Lipinski definition) is 4. The molecule has 2 aromatic carbocycles. The highest BCUT2D eigenvalue weighted by Gasteiger charge is 2.14. The maximum atomic E-state index is 13.4. The quantitative estimate of drug-likeness (QED) is 0.642. The molecule has 0 fully saturated rings. The number of pyridine rings is 1. The van der Waals surface area contributed by atoms with Gasteiger partial charge >= 0.3 is 0 Å². The molecule has 27 heavy (non-hydrogen) atoms. The molecular weight excluding hydrogens is 345 g/mol. The molecule has 138 valence electrons. The number of benzene rings is 2. The van der Waals surface area contributed by atoms with Crippen LogP contribution in [0.1, 0.15) is 28.4 Å². The van der Waals surface area contributed by atoms with Crippen molar-refractivity contribution < 1.29 is 13.9 Å². The van der Waals surface area contributed by atoms with Crippen LogP contribution in [0.2, 0.25) is 0 Å². The number of anilines is 2. The molecule has 1 heterocycles. The first-order valence-corrected chi connectivity index (χ1v) is 8.57. The molecule has 3 N–H and O–H groups in total. The number of carbonyl (C=O) groups is 1. The minimum atomic E-state index is -0.683. The van der Waals surface area contributed by atoms with Gasteiger partial charge in [-0.2, -0.15) is 4.39 Å². The molecule has 6 heteroatoms. The Kier molecular flexibility index (Phi) is 5.35. The van der Waals surface area contributed by atoms with E-state index >= 15 is 0 Å². The molecule has 0 aliphatic rings. The standard InChI is InChI=1S/C21H20FN3O2/c1-3-14-4-8-16(9-5-14)27-17-10-6-15(7-11-17)24-21(26)18-12-13(2)19(22)25-20(18)23/h4-12H,3H2,1-2H3,(H2,23,25)(H,24,26).